The van der Waals surface area contributed by atoms with Crippen LogP contribution in [0.2, 0.25) is 0 Å². The average Bonchev–Trinajstić information content (AvgIpc) is 1.85. The monoisotopic (exact) mass is 116 g/mol. The maximum Gasteiger partial charge on any atom is 0.268 e. The van der Waals surface area contributed by atoms with E-state index in [2.05, 4.69) is 4.99 Å². The molecule has 44 valence electrons. The second-order valence-corrected chi connectivity index (χ2v) is 1.72. The summed E-state index contributed by atoms with van der Waals surface area (Å²) in [6.07, 6.45) is 0. The van der Waals surface area contributed by atoms with Crippen molar-refractivity contribution in [2.75, 3.05) is 13.6 Å². The molecule has 4 heteroatoms. The van der Waals surface area contributed by atoms with Crippen LogP contribution in [0, 0.1) is 0 Å². The molecule has 0 radical (unpaired) electrons. The van der Waals surface area contributed by atoms with E-state index in [9.17, 15) is 4.79 Å². The molecule has 0 unspecified atom stereocenters. The zero-order chi connectivity index (χ0) is 6.15. The van der Waals surface area contributed by atoms with E-state index >= 15 is 0 Å². The van der Waals surface area contributed by atoms with Gasteiger partial charge in [-0.1, -0.05) is 0 Å². The molecule has 0 aliphatic carbocycles. The normalized spacial score (nSPS) is 19.4. The molecule has 0 spiro atoms. The predicted octanol–water partition coefficient (Wildman–Crippen LogP) is -1.23. The summed E-state index contributed by atoms with van der Waals surface area (Å²) in [6, 6.07) is 0. The molecule has 0 atom stereocenters. The van der Waals surface area contributed by atoms with E-state index in [1.54, 1.807) is 11.9 Å². The van der Waals surface area contributed by atoms with Gasteiger partial charge in [-0.15, -0.1) is 0 Å². The molecular weight excluding hydrogens is 109 g/mol. The number of aliphatic imine (C=N–C) groups is 1. The Morgan fingerprint density at radius 1 is 1.88 bits per heavy atom. The van der Waals surface area contributed by atoms with Crippen LogP contribution in [0.4, 0.5) is 0 Å². The third kappa shape index (κ3) is 0.641. The molecule has 2 N–H and O–H groups in total. The zero-order valence-electron chi connectivity index (χ0n) is 4.59. The molecule has 0 aromatic rings. The van der Waals surface area contributed by atoms with Gasteiger partial charge in [0.05, 0.1) is 0 Å². The minimum Gasteiger partial charge on any atom is -0.369 e. The lowest BCUT2D eigenvalue weighted by atomic mass is 11.0. The van der Waals surface area contributed by atoms with Gasteiger partial charge in [-0.05, 0) is 0 Å². The van der Waals surface area contributed by atoms with Gasteiger partial charge in [0.25, 0.3) is 5.91 Å². The Hall–Kier alpha value is -1.06. The standard InChI is InChI=1S/C4H7N3O/c1-7-2-3(8)6-4(7)5/h2H2,1H3,(H2,5,6,8)/i1+1,2+1,3+1. The van der Waals surface area contributed by atoms with Crippen molar-refractivity contribution in [3.63, 3.8) is 0 Å². The number of guanidine groups is 1. The highest BCUT2D eigenvalue weighted by Crippen LogP contribution is 1.92. The predicted molar refractivity (Wildman–Crippen MR) is 29.3 cm³/mol. The van der Waals surface area contributed by atoms with Crippen molar-refractivity contribution in [1.29, 1.82) is 0 Å². The topological polar surface area (TPSA) is 58.7 Å². The molecular formula is C4H7N3O. The van der Waals surface area contributed by atoms with Crippen LogP contribution in [0.25, 0.3) is 0 Å². The van der Waals surface area contributed by atoms with Crippen LogP contribution in [0.15, 0.2) is 4.99 Å². The molecule has 0 saturated carbocycles. The first kappa shape index (κ1) is 5.08. The Balaban J connectivity index is 2.73. The lowest BCUT2D eigenvalue weighted by molar-refractivity contribution is -0.116. The van der Waals surface area contributed by atoms with Crippen LogP contribution in [-0.4, -0.2) is 30.4 Å². The Morgan fingerprint density at radius 3 is 2.62 bits per heavy atom. The van der Waals surface area contributed by atoms with Crippen molar-refractivity contribution in [1.82, 2.24) is 4.90 Å². The maximum atomic E-state index is 10.4. The van der Waals surface area contributed by atoms with Crippen LogP contribution in [-0.2, 0) is 4.79 Å². The van der Waals surface area contributed by atoms with Crippen LogP contribution in [0.3, 0.4) is 0 Å². The van der Waals surface area contributed by atoms with Crippen LogP contribution in [0.5, 0.6) is 0 Å². The summed E-state index contributed by atoms with van der Waals surface area (Å²) in [5, 5.41) is 0. The van der Waals surface area contributed by atoms with Crippen molar-refractivity contribution in [2.24, 2.45) is 10.7 Å². The molecule has 1 aliphatic rings. The van der Waals surface area contributed by atoms with Gasteiger partial charge < -0.3 is 10.6 Å². The fraction of sp³-hybridized carbons (Fsp3) is 0.500. The number of hydrogen-bond donors (Lipinski definition) is 1. The molecule has 1 amide bonds. The number of rotatable bonds is 0. The van der Waals surface area contributed by atoms with Crippen LogP contribution >= 0.6 is 0 Å². The van der Waals surface area contributed by atoms with Crippen molar-refractivity contribution >= 4 is 11.9 Å². The Kier molecular flexibility index (Phi) is 0.932. The van der Waals surface area contributed by atoms with Gasteiger partial charge in [-0.25, -0.2) is 0 Å². The minimum atomic E-state index is -0.162. The van der Waals surface area contributed by atoms with Gasteiger partial charge in [-0.3, -0.25) is 4.79 Å². The van der Waals surface area contributed by atoms with Gasteiger partial charge in [0.15, 0.2) is 5.96 Å². The largest absolute Gasteiger partial charge is 0.369 e. The Bertz CT molecular complexity index is 151. The lowest BCUT2D eigenvalue weighted by Crippen LogP contribution is -2.29. The highest BCUT2D eigenvalue weighted by atomic mass is 16.2. The molecule has 0 aromatic heterocycles. The number of nitrogens with two attached hydrogens (primary N) is 1. The molecule has 0 saturated heterocycles. The summed E-state index contributed by atoms with van der Waals surface area (Å²) in [5.74, 6) is 0.153. The van der Waals surface area contributed by atoms with Gasteiger partial charge >= 0.3 is 0 Å². The van der Waals surface area contributed by atoms with E-state index in [4.69, 9.17) is 5.73 Å². The smallest absolute Gasteiger partial charge is 0.268 e. The molecule has 0 aromatic carbocycles. The second-order valence-electron chi connectivity index (χ2n) is 1.72. The quantitative estimate of drug-likeness (QED) is 0.403. The SMILES string of the molecule is [13CH3]N1[13CH2][13C](=O)N=C1N. The van der Waals surface area contributed by atoms with E-state index < -0.39 is 0 Å². The molecule has 1 aliphatic heterocycles. The lowest BCUT2D eigenvalue weighted by Gasteiger charge is -2.05. The van der Waals surface area contributed by atoms with Crippen molar-refractivity contribution < 1.29 is 4.79 Å². The first-order valence-electron chi connectivity index (χ1n) is 2.28. The first-order chi connectivity index (χ1) is 3.70. The number of carbonyl (C=O) groups is 1. The summed E-state index contributed by atoms with van der Waals surface area (Å²) in [5.41, 5.74) is 5.22. The fourth-order valence-electron chi connectivity index (χ4n) is 0.532. The van der Waals surface area contributed by atoms with Gasteiger partial charge in [0, 0.05) is 7.05 Å². The van der Waals surface area contributed by atoms with Crippen molar-refractivity contribution in [3.05, 3.63) is 0 Å². The number of likely N-dealkylation sites (N-methyl/N-ethyl adjacent to an activating group) is 1. The Labute approximate surface area is 47.0 Å². The van der Waals surface area contributed by atoms with Gasteiger partial charge in [0.1, 0.15) is 6.54 Å². The minimum absolute atomic E-state index is 0.162. The fourth-order valence-corrected chi connectivity index (χ4v) is 0.532. The van der Waals surface area contributed by atoms with E-state index in [-0.39, 0.29) is 5.91 Å². The summed E-state index contributed by atoms with van der Waals surface area (Å²) in [4.78, 5) is 15.4. The zero-order valence-corrected chi connectivity index (χ0v) is 4.59. The van der Waals surface area contributed by atoms with E-state index in [1.165, 1.54) is 0 Å². The average molecular weight is 116 g/mol. The van der Waals surface area contributed by atoms with Crippen LogP contribution < -0.4 is 5.73 Å². The molecule has 1 rings (SSSR count). The molecule has 4 nitrogen and oxygen atoms in total. The van der Waals surface area contributed by atoms with Gasteiger partial charge in [0.2, 0.25) is 0 Å². The summed E-state index contributed by atoms with van der Waals surface area (Å²) >= 11 is 0. The number of nitrogens with zero attached hydrogens (tertiary/aromatic N) is 2. The molecule has 0 fully saturated rings. The highest BCUT2D eigenvalue weighted by molar-refractivity contribution is 5.99. The number of hydrogen-bond acceptors (Lipinski definition) is 3. The second kappa shape index (κ2) is 1.47. The number of amides is 1. The number of carbonyl (C=O) groups excluding carboxylic acids is 1. The molecule has 8 heavy (non-hydrogen) atoms. The summed E-state index contributed by atoms with van der Waals surface area (Å²) in [7, 11) is 1.73. The first-order valence-corrected chi connectivity index (χ1v) is 2.28. The summed E-state index contributed by atoms with van der Waals surface area (Å²) < 4.78 is 0. The highest BCUT2D eigenvalue weighted by Gasteiger charge is 2.15. The Morgan fingerprint density at radius 2 is 2.50 bits per heavy atom. The molecule has 1 heterocycles. The maximum absolute atomic E-state index is 10.4. The van der Waals surface area contributed by atoms with Crippen molar-refractivity contribution in [3.8, 4) is 0 Å². The van der Waals surface area contributed by atoms with Crippen LogP contribution in [0.1, 0.15) is 0 Å². The van der Waals surface area contributed by atoms with Crippen molar-refractivity contribution in [2.45, 2.75) is 0 Å². The van der Waals surface area contributed by atoms with E-state index in [0.29, 0.717) is 12.5 Å². The van der Waals surface area contributed by atoms with Gasteiger partial charge in [-0.2, -0.15) is 4.99 Å². The van der Waals surface area contributed by atoms with E-state index in [1.807, 2.05) is 0 Å². The third-order valence-electron chi connectivity index (χ3n) is 1.00. The van der Waals surface area contributed by atoms with E-state index in [0.717, 1.165) is 0 Å². The summed E-state index contributed by atoms with van der Waals surface area (Å²) in [6.45, 7) is 0.325. The third-order valence-corrected chi connectivity index (χ3v) is 1.00. The molecule has 0 bridgehead atoms.